The summed E-state index contributed by atoms with van der Waals surface area (Å²) in [5, 5.41) is 8.49. The first-order valence-corrected chi connectivity index (χ1v) is 11.4. The minimum absolute atomic E-state index is 0.326. The number of nitrogens with one attached hydrogen (secondary N) is 1. The van der Waals surface area contributed by atoms with Crippen LogP contribution in [0.5, 0.6) is 0 Å². The zero-order valence-corrected chi connectivity index (χ0v) is 17.9. The van der Waals surface area contributed by atoms with Gasteiger partial charge in [0.2, 0.25) is 0 Å². The number of carbonyl (C=O) groups is 1. The molecule has 4 nitrogen and oxygen atoms in total. The SMILES string of the molecule is C=C(CCNO)C(=O)OCCCCCCCCCCCCCCCCCC. The fraction of sp³-hybridized carbons (Fsp3) is 0.870. The van der Waals surface area contributed by atoms with Crippen molar-refractivity contribution in [3.8, 4) is 0 Å². The van der Waals surface area contributed by atoms with E-state index < -0.39 is 0 Å². The number of esters is 1. The first kappa shape index (κ1) is 26.1. The highest BCUT2D eigenvalue weighted by molar-refractivity contribution is 5.87. The molecule has 0 aliphatic heterocycles. The molecule has 0 bridgehead atoms. The molecule has 0 aromatic rings. The Kier molecular flexibility index (Phi) is 20.7. The number of hydrogen-bond acceptors (Lipinski definition) is 4. The summed E-state index contributed by atoms with van der Waals surface area (Å²) in [6.45, 7) is 6.74. The van der Waals surface area contributed by atoms with Crippen LogP contribution in [0.4, 0.5) is 0 Å². The van der Waals surface area contributed by atoms with Crippen LogP contribution < -0.4 is 5.48 Å². The summed E-state index contributed by atoms with van der Waals surface area (Å²) in [6, 6.07) is 0. The van der Waals surface area contributed by atoms with Gasteiger partial charge in [0.05, 0.1) is 6.61 Å². The summed E-state index contributed by atoms with van der Waals surface area (Å²) < 4.78 is 5.17. The van der Waals surface area contributed by atoms with Crippen LogP contribution in [0.2, 0.25) is 0 Å². The van der Waals surface area contributed by atoms with E-state index in [9.17, 15) is 4.79 Å². The average molecular weight is 384 g/mol. The molecule has 0 aliphatic carbocycles. The second kappa shape index (κ2) is 21.4. The van der Waals surface area contributed by atoms with Gasteiger partial charge in [-0.3, -0.25) is 0 Å². The second-order valence-corrected chi connectivity index (χ2v) is 7.70. The van der Waals surface area contributed by atoms with E-state index in [0.29, 0.717) is 25.1 Å². The maximum absolute atomic E-state index is 11.6. The monoisotopic (exact) mass is 383 g/mol. The third-order valence-electron chi connectivity index (χ3n) is 5.06. The summed E-state index contributed by atoms with van der Waals surface area (Å²) >= 11 is 0. The van der Waals surface area contributed by atoms with Crippen molar-refractivity contribution in [2.45, 2.75) is 116 Å². The third kappa shape index (κ3) is 19.7. The molecule has 0 saturated heterocycles. The van der Waals surface area contributed by atoms with E-state index in [1.54, 1.807) is 0 Å². The summed E-state index contributed by atoms with van der Waals surface area (Å²) in [5.74, 6) is -0.341. The molecule has 0 atom stereocenters. The van der Waals surface area contributed by atoms with Crippen molar-refractivity contribution in [1.82, 2.24) is 5.48 Å². The van der Waals surface area contributed by atoms with Gasteiger partial charge in [0.25, 0.3) is 0 Å². The Bertz CT molecular complexity index is 345. The van der Waals surface area contributed by atoms with Crippen molar-refractivity contribution >= 4 is 5.97 Å². The van der Waals surface area contributed by atoms with Crippen molar-refractivity contribution in [2.24, 2.45) is 0 Å². The van der Waals surface area contributed by atoms with Gasteiger partial charge in [-0.1, -0.05) is 110 Å². The fourth-order valence-electron chi connectivity index (χ4n) is 3.23. The predicted octanol–water partition coefficient (Wildman–Crippen LogP) is 6.72. The second-order valence-electron chi connectivity index (χ2n) is 7.70. The Labute approximate surface area is 168 Å². The van der Waals surface area contributed by atoms with Gasteiger partial charge in [-0.25, -0.2) is 10.3 Å². The molecule has 160 valence electrons. The molecule has 0 heterocycles. The standard InChI is InChI=1S/C23H45NO3/c1-3-4-5-6-7-8-9-10-11-12-13-14-15-16-17-18-21-27-23(25)22(2)19-20-24-26/h24,26H,2-21H2,1H3. The molecule has 0 rings (SSSR count). The Balaban J connectivity index is 3.16. The third-order valence-corrected chi connectivity index (χ3v) is 5.06. The fourth-order valence-corrected chi connectivity index (χ4v) is 3.23. The van der Waals surface area contributed by atoms with Crippen molar-refractivity contribution < 1.29 is 14.7 Å². The van der Waals surface area contributed by atoms with Crippen LogP contribution in [0.15, 0.2) is 12.2 Å². The van der Waals surface area contributed by atoms with E-state index in [4.69, 9.17) is 9.94 Å². The van der Waals surface area contributed by atoms with Crippen LogP contribution in [0, 0.1) is 0 Å². The van der Waals surface area contributed by atoms with Gasteiger partial charge in [0, 0.05) is 12.1 Å². The molecular weight excluding hydrogens is 338 g/mol. The molecule has 0 saturated carbocycles. The zero-order chi connectivity index (χ0) is 20.0. The van der Waals surface area contributed by atoms with E-state index in [2.05, 4.69) is 13.5 Å². The molecule has 0 fully saturated rings. The van der Waals surface area contributed by atoms with E-state index in [-0.39, 0.29) is 5.97 Å². The van der Waals surface area contributed by atoms with Crippen LogP contribution in [0.3, 0.4) is 0 Å². The van der Waals surface area contributed by atoms with E-state index >= 15 is 0 Å². The molecule has 0 radical (unpaired) electrons. The number of unbranched alkanes of at least 4 members (excludes halogenated alkanes) is 15. The molecule has 27 heavy (non-hydrogen) atoms. The number of rotatable bonds is 21. The first-order chi connectivity index (χ1) is 13.2. The number of carbonyl (C=O) groups excluding carboxylic acids is 1. The molecule has 0 spiro atoms. The first-order valence-electron chi connectivity index (χ1n) is 11.4. The van der Waals surface area contributed by atoms with Crippen LogP contribution >= 0.6 is 0 Å². The van der Waals surface area contributed by atoms with Crippen LogP contribution in [0.25, 0.3) is 0 Å². The minimum Gasteiger partial charge on any atom is -0.462 e. The number of hydrogen-bond donors (Lipinski definition) is 2. The molecule has 0 unspecified atom stereocenters. The van der Waals surface area contributed by atoms with Gasteiger partial charge in [-0.2, -0.15) is 0 Å². The molecule has 0 aromatic heterocycles. The average Bonchev–Trinajstić information content (AvgIpc) is 2.68. The lowest BCUT2D eigenvalue weighted by Gasteiger charge is -2.07. The highest BCUT2D eigenvalue weighted by Gasteiger charge is 2.07. The smallest absolute Gasteiger partial charge is 0.333 e. The Morgan fingerprint density at radius 3 is 1.59 bits per heavy atom. The molecule has 0 aliphatic rings. The van der Waals surface area contributed by atoms with Crippen LogP contribution in [-0.4, -0.2) is 24.3 Å². The Morgan fingerprint density at radius 1 is 0.778 bits per heavy atom. The lowest BCUT2D eigenvalue weighted by atomic mass is 10.0. The number of hydroxylamine groups is 1. The van der Waals surface area contributed by atoms with Gasteiger partial charge in [-0.15, -0.1) is 0 Å². The van der Waals surface area contributed by atoms with Crippen molar-refractivity contribution in [3.05, 3.63) is 12.2 Å². The molecule has 0 aromatic carbocycles. The lowest BCUT2D eigenvalue weighted by molar-refractivity contribution is -0.139. The summed E-state index contributed by atoms with van der Waals surface area (Å²) in [5.41, 5.74) is 2.42. The quantitative estimate of drug-likeness (QED) is 0.1000. The summed E-state index contributed by atoms with van der Waals surface area (Å²) in [4.78, 5) is 11.6. The normalized spacial score (nSPS) is 10.9. The molecular formula is C23H45NO3. The lowest BCUT2D eigenvalue weighted by Crippen LogP contribution is -2.14. The topological polar surface area (TPSA) is 58.6 Å². The van der Waals surface area contributed by atoms with Gasteiger partial charge < -0.3 is 9.94 Å². The van der Waals surface area contributed by atoms with Crippen LogP contribution in [0.1, 0.15) is 116 Å². The minimum atomic E-state index is -0.341. The Hall–Kier alpha value is -0.870. The van der Waals surface area contributed by atoms with Crippen LogP contribution in [-0.2, 0) is 9.53 Å². The summed E-state index contributed by atoms with van der Waals surface area (Å²) in [6.07, 6.45) is 21.8. The maximum atomic E-state index is 11.6. The Morgan fingerprint density at radius 2 is 1.19 bits per heavy atom. The molecule has 4 heteroatoms. The maximum Gasteiger partial charge on any atom is 0.333 e. The largest absolute Gasteiger partial charge is 0.462 e. The van der Waals surface area contributed by atoms with Crippen molar-refractivity contribution in [2.75, 3.05) is 13.2 Å². The zero-order valence-electron chi connectivity index (χ0n) is 17.9. The highest BCUT2D eigenvalue weighted by Crippen LogP contribution is 2.13. The van der Waals surface area contributed by atoms with Gasteiger partial charge in [0.15, 0.2) is 0 Å². The van der Waals surface area contributed by atoms with Crippen molar-refractivity contribution in [1.29, 1.82) is 0 Å². The molecule has 2 N–H and O–H groups in total. The van der Waals surface area contributed by atoms with Gasteiger partial charge >= 0.3 is 5.97 Å². The van der Waals surface area contributed by atoms with E-state index in [1.165, 1.54) is 89.9 Å². The van der Waals surface area contributed by atoms with Gasteiger partial charge in [0.1, 0.15) is 0 Å². The van der Waals surface area contributed by atoms with Gasteiger partial charge in [-0.05, 0) is 12.8 Å². The number of ether oxygens (including phenoxy) is 1. The van der Waals surface area contributed by atoms with E-state index in [0.717, 1.165) is 12.8 Å². The predicted molar refractivity (Wildman–Crippen MR) is 114 cm³/mol. The van der Waals surface area contributed by atoms with Crippen molar-refractivity contribution in [3.63, 3.8) is 0 Å². The summed E-state index contributed by atoms with van der Waals surface area (Å²) in [7, 11) is 0. The highest BCUT2D eigenvalue weighted by atomic mass is 16.5. The molecule has 0 amide bonds. The van der Waals surface area contributed by atoms with E-state index in [1.807, 2.05) is 5.48 Å².